The SMILES string of the molecule is C#CC1CCN(C)P(=S)(SC)C1. The predicted octanol–water partition coefficient (Wildman–Crippen LogP) is 2.24. The monoisotopic (exact) mass is 219 g/mol. The Labute approximate surface area is 84.1 Å². The first-order valence-electron chi connectivity index (χ1n) is 3.95. The summed E-state index contributed by atoms with van der Waals surface area (Å²) in [4.78, 5) is 0. The summed E-state index contributed by atoms with van der Waals surface area (Å²) in [5.74, 6) is 3.27. The Hall–Kier alpha value is 0.520. The molecule has 0 aromatic carbocycles. The molecule has 0 bridgehead atoms. The fourth-order valence-corrected chi connectivity index (χ4v) is 6.18. The molecule has 1 saturated heterocycles. The largest absolute Gasteiger partial charge is 0.270 e. The van der Waals surface area contributed by atoms with E-state index in [0.29, 0.717) is 5.92 Å². The van der Waals surface area contributed by atoms with Crippen molar-refractivity contribution in [3.63, 3.8) is 0 Å². The average molecular weight is 219 g/mol. The van der Waals surface area contributed by atoms with Crippen LogP contribution in [0.15, 0.2) is 0 Å². The molecule has 68 valence electrons. The highest BCUT2D eigenvalue weighted by Gasteiger charge is 2.29. The zero-order valence-corrected chi connectivity index (χ0v) is 10.0. The lowest BCUT2D eigenvalue weighted by Gasteiger charge is -2.37. The maximum Gasteiger partial charge on any atom is 0.0676 e. The Morgan fingerprint density at radius 3 is 2.92 bits per heavy atom. The van der Waals surface area contributed by atoms with Crippen LogP contribution in [-0.2, 0) is 11.8 Å². The second-order valence-corrected chi connectivity index (χ2v) is 11.1. The third-order valence-electron chi connectivity index (χ3n) is 2.29. The van der Waals surface area contributed by atoms with Gasteiger partial charge in [-0.25, -0.2) is 0 Å². The summed E-state index contributed by atoms with van der Waals surface area (Å²) in [6, 6.07) is 0. The molecule has 1 nitrogen and oxygen atoms in total. The Morgan fingerprint density at radius 2 is 2.42 bits per heavy atom. The molecule has 0 saturated carbocycles. The van der Waals surface area contributed by atoms with Crippen molar-refractivity contribution in [1.29, 1.82) is 0 Å². The smallest absolute Gasteiger partial charge is 0.0676 e. The molecule has 0 radical (unpaired) electrons. The zero-order chi connectivity index (χ0) is 9.19. The first-order valence-corrected chi connectivity index (χ1v) is 8.72. The molecule has 0 aromatic rings. The summed E-state index contributed by atoms with van der Waals surface area (Å²) in [6.07, 6.45) is 9.69. The van der Waals surface area contributed by atoms with Crippen molar-refractivity contribution in [1.82, 2.24) is 4.67 Å². The van der Waals surface area contributed by atoms with Crippen LogP contribution in [-0.4, -0.2) is 30.7 Å². The third kappa shape index (κ3) is 2.06. The van der Waals surface area contributed by atoms with E-state index in [0.717, 1.165) is 19.1 Å². The van der Waals surface area contributed by atoms with Crippen LogP contribution in [0.2, 0.25) is 0 Å². The summed E-state index contributed by atoms with van der Waals surface area (Å²) < 4.78 is 2.33. The molecule has 1 rings (SSSR count). The van der Waals surface area contributed by atoms with Crippen LogP contribution >= 0.6 is 16.8 Å². The first kappa shape index (κ1) is 10.6. The summed E-state index contributed by atoms with van der Waals surface area (Å²) >= 11 is 7.46. The van der Waals surface area contributed by atoms with Gasteiger partial charge in [-0.05, 0) is 19.7 Å². The number of hydrogen-bond acceptors (Lipinski definition) is 2. The summed E-state index contributed by atoms with van der Waals surface area (Å²) in [6.45, 7) is 1.08. The first-order chi connectivity index (χ1) is 5.62. The van der Waals surface area contributed by atoms with E-state index in [9.17, 15) is 0 Å². The highest BCUT2D eigenvalue weighted by atomic mass is 32.9. The third-order valence-corrected chi connectivity index (χ3v) is 10.6. The van der Waals surface area contributed by atoms with Crippen molar-refractivity contribution >= 4 is 28.6 Å². The Bertz CT molecular complexity index is 246. The minimum absolute atomic E-state index is 0.430. The van der Waals surface area contributed by atoms with Gasteiger partial charge in [0.1, 0.15) is 0 Å². The van der Waals surface area contributed by atoms with Crippen LogP contribution < -0.4 is 0 Å². The van der Waals surface area contributed by atoms with Gasteiger partial charge in [-0.3, -0.25) is 4.67 Å². The van der Waals surface area contributed by atoms with Crippen molar-refractivity contribution in [2.24, 2.45) is 5.92 Å². The molecule has 1 aliphatic heterocycles. The molecule has 0 N–H and O–H groups in total. The van der Waals surface area contributed by atoms with Gasteiger partial charge in [-0.2, -0.15) is 0 Å². The highest BCUT2D eigenvalue weighted by Crippen LogP contribution is 2.62. The van der Waals surface area contributed by atoms with Crippen LogP contribution in [0.1, 0.15) is 6.42 Å². The van der Waals surface area contributed by atoms with E-state index in [1.165, 1.54) is 0 Å². The van der Waals surface area contributed by atoms with Gasteiger partial charge in [0.05, 0.1) is 5.39 Å². The van der Waals surface area contributed by atoms with Gasteiger partial charge in [0.2, 0.25) is 0 Å². The van der Waals surface area contributed by atoms with E-state index in [4.69, 9.17) is 18.2 Å². The minimum Gasteiger partial charge on any atom is -0.270 e. The molecule has 12 heavy (non-hydrogen) atoms. The van der Waals surface area contributed by atoms with Crippen molar-refractivity contribution < 1.29 is 0 Å². The van der Waals surface area contributed by atoms with Crippen molar-refractivity contribution in [3.05, 3.63) is 0 Å². The molecule has 1 heterocycles. The van der Waals surface area contributed by atoms with Gasteiger partial charge >= 0.3 is 0 Å². The van der Waals surface area contributed by atoms with E-state index >= 15 is 0 Å². The molecule has 2 unspecified atom stereocenters. The number of hydrogen-bond donors (Lipinski definition) is 0. The van der Waals surface area contributed by atoms with Crippen molar-refractivity contribution in [3.8, 4) is 12.3 Å². The summed E-state index contributed by atoms with van der Waals surface area (Å²) in [5.41, 5.74) is 0. The van der Waals surface area contributed by atoms with Crippen LogP contribution in [0.3, 0.4) is 0 Å². The van der Waals surface area contributed by atoms with Crippen molar-refractivity contribution in [2.45, 2.75) is 6.42 Å². The van der Waals surface area contributed by atoms with E-state index < -0.39 is 5.39 Å². The van der Waals surface area contributed by atoms with Gasteiger partial charge in [0.25, 0.3) is 0 Å². The fraction of sp³-hybridized carbons (Fsp3) is 0.750. The molecule has 0 spiro atoms. The van der Waals surface area contributed by atoms with E-state index in [1.807, 2.05) is 11.4 Å². The lowest BCUT2D eigenvalue weighted by Crippen LogP contribution is -2.27. The van der Waals surface area contributed by atoms with Gasteiger partial charge in [-0.15, -0.1) is 23.7 Å². The Kier molecular flexibility index (Phi) is 3.67. The van der Waals surface area contributed by atoms with Gasteiger partial charge in [0, 0.05) is 18.6 Å². The molecular weight excluding hydrogens is 205 g/mol. The quantitative estimate of drug-likeness (QED) is 0.492. The predicted molar refractivity (Wildman–Crippen MR) is 62.2 cm³/mol. The van der Waals surface area contributed by atoms with Gasteiger partial charge < -0.3 is 0 Å². The maximum absolute atomic E-state index is 5.63. The van der Waals surface area contributed by atoms with Crippen LogP contribution in [0, 0.1) is 18.3 Å². The van der Waals surface area contributed by atoms with Crippen LogP contribution in [0.4, 0.5) is 0 Å². The molecule has 0 aliphatic carbocycles. The Morgan fingerprint density at radius 1 is 1.75 bits per heavy atom. The molecule has 0 aromatic heterocycles. The van der Waals surface area contributed by atoms with E-state index in [1.54, 1.807) is 0 Å². The maximum atomic E-state index is 5.63. The molecular formula is C8H14NPS2. The number of nitrogens with zero attached hydrogens (tertiary/aromatic N) is 1. The fourth-order valence-electron chi connectivity index (χ4n) is 1.35. The highest BCUT2D eigenvalue weighted by molar-refractivity contribution is 8.70. The Balaban J connectivity index is 2.73. The second-order valence-electron chi connectivity index (χ2n) is 3.04. The minimum atomic E-state index is -1.32. The van der Waals surface area contributed by atoms with Gasteiger partial charge in [-0.1, -0.05) is 11.8 Å². The van der Waals surface area contributed by atoms with Crippen LogP contribution in [0.5, 0.6) is 0 Å². The van der Waals surface area contributed by atoms with Gasteiger partial charge in [0.15, 0.2) is 0 Å². The normalized spacial score (nSPS) is 37.6. The molecule has 1 fully saturated rings. The summed E-state index contributed by atoms with van der Waals surface area (Å²) in [5, 5.41) is -1.32. The summed E-state index contributed by atoms with van der Waals surface area (Å²) in [7, 11) is 2.13. The second kappa shape index (κ2) is 4.15. The molecule has 1 aliphatic rings. The van der Waals surface area contributed by atoms with Crippen molar-refractivity contribution in [2.75, 3.05) is 26.0 Å². The van der Waals surface area contributed by atoms with E-state index in [2.05, 4.69) is 23.9 Å². The van der Waals surface area contributed by atoms with Crippen LogP contribution in [0.25, 0.3) is 0 Å². The number of rotatable bonds is 1. The van der Waals surface area contributed by atoms with E-state index in [-0.39, 0.29) is 0 Å². The standard InChI is InChI=1S/C8H14NPS2/c1-4-8-5-6-9(2)10(11,7-8)12-3/h1,8H,5-7H2,2-3H3. The number of terminal acetylenes is 1. The molecule has 0 amide bonds. The zero-order valence-electron chi connectivity index (χ0n) is 7.49. The lowest BCUT2D eigenvalue weighted by atomic mass is 10.1. The average Bonchev–Trinajstić information content (AvgIpc) is 2.10. The topological polar surface area (TPSA) is 3.24 Å². The molecule has 4 heteroatoms. The molecule has 2 atom stereocenters. The lowest BCUT2D eigenvalue weighted by molar-refractivity contribution is 0.465.